The van der Waals surface area contributed by atoms with Crippen molar-refractivity contribution in [3.63, 3.8) is 0 Å². The molecule has 27 nitrogen and oxygen atoms in total. The summed E-state index contributed by atoms with van der Waals surface area (Å²) >= 11 is 0. The van der Waals surface area contributed by atoms with Gasteiger partial charge in [0.15, 0.2) is 0 Å². The zero-order valence-corrected chi connectivity index (χ0v) is 45.5. The van der Waals surface area contributed by atoms with E-state index in [9.17, 15) is 62.3 Å². The molecule has 81 heavy (non-hydrogen) atoms. The van der Waals surface area contributed by atoms with Crippen molar-refractivity contribution in [2.75, 3.05) is 39.6 Å². The number of carboxylic acids is 4. The summed E-state index contributed by atoms with van der Waals surface area (Å²) in [6.45, 7) is 23.4. The highest BCUT2D eigenvalue weighted by molar-refractivity contribution is 6.02. The molecular formula is C54H70O27. The second-order valence-electron chi connectivity index (χ2n) is 16.2. The van der Waals surface area contributed by atoms with Crippen molar-refractivity contribution in [1.82, 2.24) is 0 Å². The highest BCUT2D eigenvalue weighted by atomic mass is 16.6. The van der Waals surface area contributed by atoms with Crippen LogP contribution in [-0.4, -0.2) is 167 Å². The minimum atomic E-state index is -1.25. The van der Waals surface area contributed by atoms with Crippen molar-refractivity contribution in [3.05, 3.63) is 110 Å². The standard InChI is InChI=1S/C14H20O6.C14H14O6.C10H14O6.C10H12O6.C6H10O3/c2*1-3-12(15)20-9(2)8-19-14(18)11-7-5-4-6-10(11)13(16)17;2*1-3-9(13)16-7(2)6-15-10(14)5-4-8(11)12;1-5(2)6(8)9-4-3-7/h3,9-11H,1,4-8H2,2H3,(H,16,17);3-7,9H,1,8H2,2H3,(H,16,17);3,7H,1,4-6H2,2H3,(H,11,12);3-5,7H,1,6H2,2H3,(H,11,12);7H,1,3-4H2,2H3/b;;;5-4-;. The van der Waals surface area contributed by atoms with Crippen molar-refractivity contribution in [3.8, 4) is 0 Å². The van der Waals surface area contributed by atoms with Crippen LogP contribution in [0.5, 0.6) is 0 Å². The molecule has 6 unspecified atom stereocenters. The van der Waals surface area contributed by atoms with E-state index in [-0.39, 0.29) is 63.6 Å². The summed E-state index contributed by atoms with van der Waals surface area (Å²) < 4.78 is 42.8. The molecule has 0 heterocycles. The molecule has 0 aliphatic heterocycles. The van der Waals surface area contributed by atoms with Gasteiger partial charge in [0, 0.05) is 42.0 Å². The number of esters is 9. The van der Waals surface area contributed by atoms with E-state index >= 15 is 0 Å². The lowest BCUT2D eigenvalue weighted by Gasteiger charge is -2.27. The molecule has 1 aliphatic carbocycles. The molecule has 1 aromatic carbocycles. The number of carboxylic acid groups (broad SMARTS) is 4. The van der Waals surface area contributed by atoms with E-state index in [0.29, 0.717) is 24.5 Å². The molecule has 0 radical (unpaired) electrons. The maximum absolute atomic E-state index is 11.9. The van der Waals surface area contributed by atoms with E-state index in [1.807, 2.05) is 0 Å². The maximum atomic E-state index is 11.9. The first-order chi connectivity index (χ1) is 38.0. The summed E-state index contributed by atoms with van der Waals surface area (Å²) in [5.74, 6) is -11.4. The Hall–Kier alpha value is -9.27. The lowest BCUT2D eigenvalue weighted by atomic mass is 9.79. The molecule has 1 aliphatic rings. The third-order valence-electron chi connectivity index (χ3n) is 9.13. The van der Waals surface area contributed by atoms with E-state index in [2.05, 4.69) is 47.1 Å². The zero-order valence-electron chi connectivity index (χ0n) is 45.5. The molecule has 1 fully saturated rings. The molecule has 0 spiro atoms. The number of aliphatic hydroxyl groups excluding tert-OH is 1. The predicted molar refractivity (Wildman–Crippen MR) is 279 cm³/mol. The van der Waals surface area contributed by atoms with E-state index in [4.69, 9.17) is 54.0 Å². The topological polar surface area (TPSA) is 406 Å². The van der Waals surface area contributed by atoms with Crippen LogP contribution in [0, 0.1) is 11.8 Å². The highest BCUT2D eigenvalue weighted by Gasteiger charge is 2.37. The van der Waals surface area contributed by atoms with Crippen LogP contribution in [0.25, 0.3) is 0 Å². The first kappa shape index (κ1) is 76.0. The Balaban J connectivity index is -0.000000958. The van der Waals surface area contributed by atoms with Gasteiger partial charge >= 0.3 is 77.6 Å². The maximum Gasteiger partial charge on any atom is 0.339 e. The van der Waals surface area contributed by atoms with E-state index in [1.165, 1.54) is 38.1 Å². The summed E-state index contributed by atoms with van der Waals surface area (Å²) in [7, 11) is 0. The molecule has 0 aromatic heterocycles. The van der Waals surface area contributed by atoms with Crippen LogP contribution >= 0.6 is 0 Å². The van der Waals surface area contributed by atoms with E-state index in [1.54, 1.807) is 20.8 Å². The minimum absolute atomic E-state index is 0.0473. The van der Waals surface area contributed by atoms with Gasteiger partial charge in [0.1, 0.15) is 57.5 Å². The van der Waals surface area contributed by atoms with Crippen LogP contribution in [0.15, 0.2) is 99.2 Å². The smallest absolute Gasteiger partial charge is 0.339 e. The first-order valence-electron chi connectivity index (χ1n) is 24.1. The number of carbonyl (C=O) groups excluding carboxylic acids is 9. The van der Waals surface area contributed by atoms with Gasteiger partial charge in [0.05, 0.1) is 42.4 Å². The zero-order chi connectivity index (χ0) is 62.6. The van der Waals surface area contributed by atoms with Gasteiger partial charge < -0.3 is 68.2 Å². The molecule has 448 valence electrons. The lowest BCUT2D eigenvalue weighted by Crippen LogP contribution is -2.35. The molecule has 27 heteroatoms. The molecule has 0 bridgehead atoms. The Morgan fingerprint density at radius 1 is 0.556 bits per heavy atom. The molecule has 1 saturated carbocycles. The molecule has 6 atom stereocenters. The van der Waals surface area contributed by atoms with Gasteiger partial charge in [-0.05, 0) is 59.6 Å². The largest absolute Gasteiger partial charge is 0.481 e. The first-order valence-corrected chi connectivity index (χ1v) is 24.1. The van der Waals surface area contributed by atoms with Gasteiger partial charge in [-0.2, -0.15) is 0 Å². The summed E-state index contributed by atoms with van der Waals surface area (Å²) in [5.41, 5.74) is 0.152. The molecule has 1 aromatic rings. The van der Waals surface area contributed by atoms with E-state index in [0.717, 1.165) is 43.2 Å². The number of hydrogen-bond donors (Lipinski definition) is 5. The fraction of sp³-hybridized carbons (Fsp3) is 0.426. The van der Waals surface area contributed by atoms with Gasteiger partial charge in [0.2, 0.25) is 0 Å². The quantitative estimate of drug-likeness (QED) is 0.0448. The van der Waals surface area contributed by atoms with Crippen molar-refractivity contribution in [2.45, 2.75) is 97.6 Å². The Bertz CT molecular complexity index is 2360. The number of hydrogen-bond acceptors (Lipinski definition) is 23. The summed E-state index contributed by atoms with van der Waals surface area (Å²) in [6, 6.07) is 5.70. The minimum Gasteiger partial charge on any atom is -0.481 e. The second-order valence-corrected chi connectivity index (χ2v) is 16.2. The summed E-state index contributed by atoms with van der Waals surface area (Å²) in [6.07, 6.45) is 5.18. The van der Waals surface area contributed by atoms with Gasteiger partial charge in [-0.25, -0.2) is 43.2 Å². The predicted octanol–water partition coefficient (Wildman–Crippen LogP) is 4.10. The van der Waals surface area contributed by atoms with Crippen LogP contribution in [-0.2, 0) is 95.4 Å². The van der Waals surface area contributed by atoms with Gasteiger partial charge in [0.25, 0.3) is 0 Å². The Labute approximate surface area is 466 Å². The Morgan fingerprint density at radius 2 is 0.975 bits per heavy atom. The summed E-state index contributed by atoms with van der Waals surface area (Å²) in [5, 5.41) is 42.8. The number of carbonyl (C=O) groups is 13. The van der Waals surface area contributed by atoms with Crippen LogP contribution < -0.4 is 0 Å². The number of aliphatic carboxylic acids is 3. The average molecular weight is 1150 g/mol. The Kier molecular flexibility index (Phi) is 41.9. The van der Waals surface area contributed by atoms with Crippen LogP contribution in [0.2, 0.25) is 0 Å². The summed E-state index contributed by atoms with van der Waals surface area (Å²) in [4.78, 5) is 142. The van der Waals surface area contributed by atoms with Gasteiger partial charge in [-0.15, -0.1) is 0 Å². The number of rotatable bonds is 28. The number of aromatic carboxylic acids is 1. The Morgan fingerprint density at radius 3 is 1.37 bits per heavy atom. The molecular weight excluding hydrogens is 1080 g/mol. The highest BCUT2D eigenvalue weighted by Crippen LogP contribution is 2.31. The fourth-order valence-electron chi connectivity index (χ4n) is 5.40. The lowest BCUT2D eigenvalue weighted by molar-refractivity contribution is -0.164. The third-order valence-corrected chi connectivity index (χ3v) is 9.13. The fourth-order valence-corrected chi connectivity index (χ4v) is 5.40. The number of ether oxygens (including phenoxy) is 9. The normalized spacial score (nSPS) is 14.1. The van der Waals surface area contributed by atoms with E-state index < -0.39 is 114 Å². The molecule has 5 N–H and O–H groups in total. The SMILES string of the molecule is C=C(C)C(=O)OCCO.C=CC(=O)OC(C)COC(=O)/C=C\C(=O)O.C=CC(=O)OC(C)COC(=O)C1CCCCC1C(=O)O.C=CC(=O)OC(C)COC(=O)CCC(=O)O.C=CC(=O)OC(C)COC(=O)c1ccccc1C(=O)O. The number of aliphatic hydroxyl groups is 1. The van der Waals surface area contributed by atoms with Gasteiger partial charge in [-0.1, -0.05) is 57.9 Å². The van der Waals surface area contributed by atoms with Crippen molar-refractivity contribution < 1.29 is 130 Å². The van der Waals surface area contributed by atoms with Crippen LogP contribution in [0.3, 0.4) is 0 Å². The van der Waals surface area contributed by atoms with Gasteiger partial charge in [-0.3, -0.25) is 19.2 Å². The number of benzene rings is 1. The molecule has 0 saturated heterocycles. The van der Waals surface area contributed by atoms with Crippen LogP contribution in [0.1, 0.15) is 93.9 Å². The van der Waals surface area contributed by atoms with Crippen molar-refractivity contribution in [2.24, 2.45) is 11.8 Å². The van der Waals surface area contributed by atoms with Crippen molar-refractivity contribution in [1.29, 1.82) is 0 Å². The second kappa shape index (κ2) is 44.7. The average Bonchev–Trinajstić information content (AvgIpc) is 3.43. The molecule has 2 rings (SSSR count). The monoisotopic (exact) mass is 1150 g/mol. The molecule has 0 amide bonds. The van der Waals surface area contributed by atoms with Crippen LogP contribution in [0.4, 0.5) is 0 Å². The van der Waals surface area contributed by atoms with Crippen molar-refractivity contribution >= 4 is 77.6 Å². The third kappa shape index (κ3) is 40.6.